The number of para-hydroxylation sites is 2. The third kappa shape index (κ3) is 5.76. The van der Waals surface area contributed by atoms with Crippen LogP contribution in [-0.4, -0.2) is 9.13 Å². The molecule has 12 rings (SSSR count). The molecule has 1 aliphatic rings. The lowest BCUT2D eigenvalue weighted by molar-refractivity contribution is 0.590. The van der Waals surface area contributed by atoms with Crippen LogP contribution >= 0.6 is 11.8 Å². The monoisotopic (exact) mass is 832 g/mol. The highest BCUT2D eigenvalue weighted by molar-refractivity contribution is 7.99. The van der Waals surface area contributed by atoms with Gasteiger partial charge < -0.3 is 18.5 Å². The number of rotatable bonds is 3. The standard InChI is InChI=1S/C57H44N4OS/c1-56(2,3)35-16-22-48-43(28-35)44-29-36(57(4,5)6)17-23-49(44)60(48)39-19-25-51-55(32-39)63-54-31-38(59-46-13-9-7-11-40(46)42-27-34(33-58)15-21-47(42)59)18-24-50(54)61(51)37-20-26-53-45(30-37)41-12-8-10-14-52(41)62-53/h7-32H,1-6H3. The molecule has 0 amide bonds. The minimum Gasteiger partial charge on any atom is -0.456 e. The smallest absolute Gasteiger partial charge is 0.135 e. The summed E-state index contributed by atoms with van der Waals surface area (Å²) in [7, 11) is 0. The molecule has 304 valence electrons. The molecule has 5 nitrogen and oxygen atoms in total. The predicted molar refractivity (Wildman–Crippen MR) is 263 cm³/mol. The first-order valence-corrected chi connectivity index (χ1v) is 22.5. The van der Waals surface area contributed by atoms with Crippen molar-refractivity contribution in [1.82, 2.24) is 9.13 Å². The van der Waals surface area contributed by atoms with Crippen molar-refractivity contribution in [3.05, 3.63) is 174 Å². The van der Waals surface area contributed by atoms with Crippen LogP contribution in [0.15, 0.2) is 172 Å². The third-order valence-electron chi connectivity index (χ3n) is 13.0. The molecule has 0 saturated heterocycles. The first-order valence-electron chi connectivity index (χ1n) is 21.6. The van der Waals surface area contributed by atoms with Crippen molar-refractivity contribution in [2.24, 2.45) is 0 Å². The van der Waals surface area contributed by atoms with Crippen LogP contribution in [0.1, 0.15) is 58.2 Å². The Balaban J connectivity index is 1.08. The van der Waals surface area contributed by atoms with E-state index in [1.807, 2.05) is 36.0 Å². The molecule has 8 aromatic carbocycles. The van der Waals surface area contributed by atoms with Gasteiger partial charge in [-0.1, -0.05) is 102 Å². The number of hydrogen-bond acceptors (Lipinski definition) is 4. The van der Waals surface area contributed by atoms with E-state index < -0.39 is 0 Å². The Hall–Kier alpha value is -7.20. The lowest BCUT2D eigenvalue weighted by Crippen LogP contribution is -2.15. The quantitative estimate of drug-likeness (QED) is 0.178. The van der Waals surface area contributed by atoms with Crippen molar-refractivity contribution in [1.29, 1.82) is 5.26 Å². The first-order chi connectivity index (χ1) is 30.4. The van der Waals surface area contributed by atoms with Crippen LogP contribution in [0.4, 0.5) is 17.1 Å². The number of hydrogen-bond donors (Lipinski definition) is 0. The van der Waals surface area contributed by atoms with Crippen LogP contribution in [0.2, 0.25) is 0 Å². The summed E-state index contributed by atoms with van der Waals surface area (Å²) >= 11 is 1.82. The predicted octanol–water partition coefficient (Wildman–Crippen LogP) is 16.2. The number of fused-ring (bicyclic) bond motifs is 11. The van der Waals surface area contributed by atoms with E-state index in [0.717, 1.165) is 77.1 Å². The summed E-state index contributed by atoms with van der Waals surface area (Å²) in [4.78, 5) is 4.74. The van der Waals surface area contributed by atoms with Crippen LogP contribution in [-0.2, 0) is 10.8 Å². The normalized spacial score (nSPS) is 13.1. The zero-order valence-corrected chi connectivity index (χ0v) is 36.9. The van der Waals surface area contributed by atoms with E-state index in [2.05, 4.69) is 195 Å². The fourth-order valence-electron chi connectivity index (χ4n) is 9.75. The number of benzene rings is 8. The van der Waals surface area contributed by atoms with Gasteiger partial charge >= 0.3 is 0 Å². The molecule has 0 spiro atoms. The number of nitrogens with zero attached hydrogens (tertiary/aromatic N) is 4. The largest absolute Gasteiger partial charge is 0.456 e. The maximum absolute atomic E-state index is 9.82. The molecule has 6 heteroatoms. The van der Waals surface area contributed by atoms with Gasteiger partial charge in [0, 0.05) is 59.2 Å². The van der Waals surface area contributed by atoms with Crippen molar-refractivity contribution >= 4 is 94.4 Å². The number of aromatic nitrogens is 2. The molecule has 0 bridgehead atoms. The summed E-state index contributed by atoms with van der Waals surface area (Å²) in [6, 6.07) is 59.6. The molecule has 4 heterocycles. The SMILES string of the molecule is CC(C)(C)c1ccc2c(c1)c1cc(C(C)(C)C)ccc1n2-c1ccc2c(c1)Sc1cc(-n3c4ccccc4c4cc(C#N)ccc43)ccc1N2c1ccc2oc3ccccc3c2c1. The van der Waals surface area contributed by atoms with Crippen molar-refractivity contribution < 1.29 is 4.42 Å². The molecule has 0 N–H and O–H groups in total. The molecule has 63 heavy (non-hydrogen) atoms. The van der Waals surface area contributed by atoms with Crippen LogP contribution in [0.3, 0.4) is 0 Å². The van der Waals surface area contributed by atoms with E-state index in [-0.39, 0.29) is 10.8 Å². The molecule has 0 fully saturated rings. The topological polar surface area (TPSA) is 50.0 Å². The van der Waals surface area contributed by atoms with Gasteiger partial charge in [-0.15, -0.1) is 0 Å². The van der Waals surface area contributed by atoms with E-state index in [0.29, 0.717) is 5.56 Å². The minimum atomic E-state index is 0.0208. The third-order valence-corrected chi connectivity index (χ3v) is 14.1. The molecule has 0 aliphatic carbocycles. The lowest BCUT2D eigenvalue weighted by atomic mass is 9.85. The zero-order chi connectivity index (χ0) is 42.9. The number of furan rings is 1. The molecule has 0 atom stereocenters. The summed E-state index contributed by atoms with van der Waals surface area (Å²) in [5.74, 6) is 0. The van der Waals surface area contributed by atoms with Gasteiger partial charge in [0.05, 0.1) is 45.1 Å². The van der Waals surface area contributed by atoms with Crippen LogP contribution in [0.25, 0.3) is 76.9 Å². The van der Waals surface area contributed by atoms with Gasteiger partial charge in [0.1, 0.15) is 11.2 Å². The highest BCUT2D eigenvalue weighted by Gasteiger charge is 2.28. The van der Waals surface area contributed by atoms with Gasteiger partial charge in [-0.05, 0) is 131 Å². The zero-order valence-electron chi connectivity index (χ0n) is 36.1. The summed E-state index contributed by atoms with van der Waals surface area (Å²) in [6.45, 7) is 13.8. The molecule has 0 unspecified atom stereocenters. The first kappa shape index (κ1) is 37.6. The maximum Gasteiger partial charge on any atom is 0.135 e. The maximum atomic E-state index is 9.82. The molecule has 3 aromatic heterocycles. The number of anilines is 3. The van der Waals surface area contributed by atoms with Crippen molar-refractivity contribution in [3.63, 3.8) is 0 Å². The van der Waals surface area contributed by atoms with Crippen LogP contribution in [0.5, 0.6) is 0 Å². The number of nitriles is 1. The lowest BCUT2D eigenvalue weighted by Gasteiger charge is -2.33. The van der Waals surface area contributed by atoms with E-state index in [1.54, 1.807) is 0 Å². The average Bonchev–Trinajstić information content (AvgIpc) is 3.94. The van der Waals surface area contributed by atoms with E-state index in [1.165, 1.54) is 37.8 Å². The Morgan fingerprint density at radius 3 is 1.56 bits per heavy atom. The van der Waals surface area contributed by atoms with Gasteiger partial charge in [0.25, 0.3) is 0 Å². The fourth-order valence-corrected chi connectivity index (χ4v) is 10.9. The molecule has 1 aliphatic heterocycles. The van der Waals surface area contributed by atoms with Gasteiger partial charge in [-0.25, -0.2) is 0 Å². The molecular formula is C57H44N4OS. The minimum absolute atomic E-state index is 0.0208. The highest BCUT2D eigenvalue weighted by Crippen LogP contribution is 2.54. The second-order valence-corrected chi connectivity index (χ2v) is 20.1. The fraction of sp³-hybridized carbons (Fsp3) is 0.140. The van der Waals surface area contributed by atoms with Crippen molar-refractivity contribution in [2.75, 3.05) is 4.90 Å². The molecule has 0 radical (unpaired) electrons. The molecule has 0 saturated carbocycles. The summed E-state index contributed by atoms with van der Waals surface area (Å²) in [5.41, 5.74) is 15.2. The van der Waals surface area contributed by atoms with Gasteiger partial charge in [-0.3, -0.25) is 0 Å². The summed E-state index contributed by atoms with van der Waals surface area (Å²) in [6.07, 6.45) is 0. The Bertz CT molecular complexity index is 3700. The average molecular weight is 833 g/mol. The van der Waals surface area contributed by atoms with Crippen molar-refractivity contribution in [2.45, 2.75) is 62.2 Å². The van der Waals surface area contributed by atoms with Crippen LogP contribution < -0.4 is 4.90 Å². The molecule has 11 aromatic rings. The van der Waals surface area contributed by atoms with Gasteiger partial charge in [0.2, 0.25) is 0 Å². The van der Waals surface area contributed by atoms with Gasteiger partial charge in [-0.2, -0.15) is 5.26 Å². The van der Waals surface area contributed by atoms with E-state index >= 15 is 0 Å². The van der Waals surface area contributed by atoms with Crippen molar-refractivity contribution in [3.8, 4) is 17.4 Å². The second kappa shape index (κ2) is 13.4. The highest BCUT2D eigenvalue weighted by atomic mass is 32.2. The van der Waals surface area contributed by atoms with Gasteiger partial charge in [0.15, 0.2) is 0 Å². The Labute approximate surface area is 370 Å². The van der Waals surface area contributed by atoms with E-state index in [9.17, 15) is 5.26 Å². The Morgan fingerprint density at radius 2 is 0.952 bits per heavy atom. The summed E-state index contributed by atoms with van der Waals surface area (Å²) in [5, 5.41) is 16.8. The second-order valence-electron chi connectivity index (χ2n) is 19.0. The summed E-state index contributed by atoms with van der Waals surface area (Å²) < 4.78 is 11.1. The molecular weight excluding hydrogens is 789 g/mol. The van der Waals surface area contributed by atoms with E-state index in [4.69, 9.17) is 4.42 Å². The Morgan fingerprint density at radius 1 is 0.444 bits per heavy atom. The Kier molecular flexibility index (Phi) is 7.99. The van der Waals surface area contributed by atoms with Crippen LogP contribution in [0, 0.1) is 11.3 Å².